The summed E-state index contributed by atoms with van der Waals surface area (Å²) in [6.45, 7) is 11.1. The second-order valence-electron chi connectivity index (χ2n) is 4.88. The highest BCUT2D eigenvalue weighted by molar-refractivity contribution is 6.30. The van der Waals surface area contributed by atoms with Gasteiger partial charge in [-0.1, -0.05) is 32.0 Å². The molecule has 0 heterocycles. The third-order valence-electron chi connectivity index (χ3n) is 2.48. The molecule has 106 valence electrons. The van der Waals surface area contributed by atoms with Crippen molar-refractivity contribution in [2.75, 3.05) is 13.7 Å². The van der Waals surface area contributed by atoms with Gasteiger partial charge in [0.15, 0.2) is 11.5 Å². The lowest BCUT2D eigenvalue weighted by molar-refractivity contribution is 0.315. The smallest absolute Gasteiger partial charge is 0.166 e. The number of hydrogen-bond acceptors (Lipinski definition) is 3. The lowest BCUT2D eigenvalue weighted by atomic mass is 10.1. The summed E-state index contributed by atoms with van der Waals surface area (Å²) in [4.78, 5) is 0. The van der Waals surface area contributed by atoms with Gasteiger partial charge in [-0.15, -0.1) is 0 Å². The highest BCUT2D eigenvalue weighted by Gasteiger charge is 2.13. The first-order chi connectivity index (χ1) is 8.93. The van der Waals surface area contributed by atoms with Crippen LogP contribution < -0.4 is 14.8 Å². The van der Waals surface area contributed by atoms with Crippen LogP contribution in [0.15, 0.2) is 24.3 Å². The molecule has 3 nitrogen and oxygen atoms in total. The molecule has 0 spiro atoms. The first kappa shape index (κ1) is 15.9. The molecule has 1 aromatic rings. The Labute approximate surface area is 120 Å². The second kappa shape index (κ2) is 7.41. The third-order valence-corrected chi connectivity index (χ3v) is 2.70. The number of halogens is 1. The molecule has 0 aromatic heterocycles. The van der Waals surface area contributed by atoms with Gasteiger partial charge in [0.05, 0.1) is 7.11 Å². The van der Waals surface area contributed by atoms with Crippen molar-refractivity contribution in [2.24, 2.45) is 0 Å². The molecule has 1 rings (SSSR count). The van der Waals surface area contributed by atoms with Gasteiger partial charge in [-0.25, -0.2) is 0 Å². The average molecular weight is 284 g/mol. The molecule has 4 heteroatoms. The van der Waals surface area contributed by atoms with Crippen molar-refractivity contribution in [3.63, 3.8) is 0 Å². The number of rotatable bonds is 7. The van der Waals surface area contributed by atoms with Gasteiger partial charge in [-0.2, -0.15) is 0 Å². The van der Waals surface area contributed by atoms with Gasteiger partial charge >= 0.3 is 0 Å². The second-order valence-corrected chi connectivity index (χ2v) is 5.31. The maximum absolute atomic E-state index is 6.10. The van der Waals surface area contributed by atoms with Crippen molar-refractivity contribution in [1.82, 2.24) is 5.32 Å². The Bertz CT molecular complexity index is 444. The van der Waals surface area contributed by atoms with E-state index in [2.05, 4.69) is 25.7 Å². The summed E-state index contributed by atoms with van der Waals surface area (Å²) in [5.74, 6) is 1.37. The zero-order valence-electron chi connectivity index (χ0n) is 12.0. The van der Waals surface area contributed by atoms with Crippen LogP contribution in [0.4, 0.5) is 0 Å². The van der Waals surface area contributed by atoms with E-state index in [4.69, 9.17) is 21.1 Å². The van der Waals surface area contributed by atoms with Crippen LogP contribution >= 0.6 is 11.6 Å². The summed E-state index contributed by atoms with van der Waals surface area (Å²) >= 11 is 6.10. The maximum atomic E-state index is 6.10. The molecule has 0 unspecified atom stereocenters. The van der Waals surface area contributed by atoms with Crippen molar-refractivity contribution < 1.29 is 9.47 Å². The zero-order valence-corrected chi connectivity index (χ0v) is 12.8. The topological polar surface area (TPSA) is 30.5 Å². The van der Waals surface area contributed by atoms with Gasteiger partial charge in [0.2, 0.25) is 0 Å². The largest absolute Gasteiger partial charge is 0.493 e. The van der Waals surface area contributed by atoms with Crippen LogP contribution in [-0.4, -0.2) is 19.8 Å². The molecular formula is C15H22ClNO2. The molecule has 0 radical (unpaired) electrons. The Hall–Kier alpha value is -1.19. The molecule has 1 aromatic carbocycles. The van der Waals surface area contributed by atoms with Crippen LogP contribution in [0.5, 0.6) is 11.5 Å². The summed E-state index contributed by atoms with van der Waals surface area (Å²) in [6, 6.07) is 4.04. The Morgan fingerprint density at radius 2 is 2.11 bits per heavy atom. The van der Waals surface area contributed by atoms with Crippen LogP contribution in [0.3, 0.4) is 0 Å². The molecule has 0 atom stereocenters. The maximum Gasteiger partial charge on any atom is 0.166 e. The van der Waals surface area contributed by atoms with Gasteiger partial charge in [-0.3, -0.25) is 0 Å². The molecular weight excluding hydrogens is 262 g/mol. The van der Waals surface area contributed by atoms with Crippen LogP contribution in [0, 0.1) is 0 Å². The van der Waals surface area contributed by atoms with E-state index in [1.165, 1.54) is 0 Å². The molecule has 0 saturated heterocycles. The van der Waals surface area contributed by atoms with Crippen LogP contribution in [0.2, 0.25) is 5.02 Å². The van der Waals surface area contributed by atoms with Crippen molar-refractivity contribution in [1.29, 1.82) is 0 Å². The first-order valence-corrected chi connectivity index (χ1v) is 6.68. The van der Waals surface area contributed by atoms with Gasteiger partial charge in [0.1, 0.15) is 6.61 Å². The lowest BCUT2D eigenvalue weighted by Crippen LogP contribution is -2.22. The van der Waals surface area contributed by atoms with E-state index in [0.717, 1.165) is 16.9 Å². The number of nitrogens with one attached hydrogen (secondary N) is 1. The summed E-state index contributed by atoms with van der Waals surface area (Å²) in [5, 5.41) is 3.99. The standard InChI is InChI=1S/C15H22ClNO2/c1-10(2)9-19-15-12(8-17-11(3)4)6-13(16)7-14(15)18-5/h6-7,11,17H,1,8-9H2,2-5H3. The molecule has 0 aliphatic rings. The van der Waals surface area contributed by atoms with Crippen LogP contribution in [0.25, 0.3) is 0 Å². The van der Waals surface area contributed by atoms with Gasteiger partial charge < -0.3 is 14.8 Å². The van der Waals surface area contributed by atoms with Gasteiger partial charge in [0.25, 0.3) is 0 Å². The van der Waals surface area contributed by atoms with E-state index in [0.29, 0.717) is 30.0 Å². The molecule has 0 aliphatic heterocycles. The molecule has 0 saturated carbocycles. The number of methoxy groups -OCH3 is 1. The summed E-state index contributed by atoms with van der Waals surface area (Å²) in [5.41, 5.74) is 1.94. The fourth-order valence-corrected chi connectivity index (χ4v) is 1.81. The summed E-state index contributed by atoms with van der Waals surface area (Å²) in [6.07, 6.45) is 0. The quantitative estimate of drug-likeness (QED) is 0.772. The number of hydrogen-bond donors (Lipinski definition) is 1. The first-order valence-electron chi connectivity index (χ1n) is 6.31. The molecule has 0 aliphatic carbocycles. The van der Waals surface area contributed by atoms with E-state index in [1.807, 2.05) is 13.0 Å². The SMILES string of the molecule is C=C(C)COc1c(CNC(C)C)cc(Cl)cc1OC. The van der Waals surface area contributed by atoms with Crippen molar-refractivity contribution in [3.05, 3.63) is 34.9 Å². The highest BCUT2D eigenvalue weighted by atomic mass is 35.5. The minimum absolute atomic E-state index is 0.388. The third kappa shape index (κ3) is 5.13. The predicted molar refractivity (Wildman–Crippen MR) is 80.3 cm³/mol. The van der Waals surface area contributed by atoms with Gasteiger partial charge in [0, 0.05) is 29.2 Å². The Morgan fingerprint density at radius 3 is 2.63 bits per heavy atom. The fourth-order valence-electron chi connectivity index (χ4n) is 1.58. The van der Waals surface area contributed by atoms with Crippen molar-refractivity contribution >= 4 is 11.6 Å². The van der Waals surface area contributed by atoms with E-state index < -0.39 is 0 Å². The molecule has 1 N–H and O–H groups in total. The number of ether oxygens (including phenoxy) is 2. The zero-order chi connectivity index (χ0) is 14.4. The van der Waals surface area contributed by atoms with Gasteiger partial charge in [-0.05, 0) is 18.6 Å². The fraction of sp³-hybridized carbons (Fsp3) is 0.467. The Morgan fingerprint density at radius 1 is 1.42 bits per heavy atom. The molecule has 19 heavy (non-hydrogen) atoms. The molecule has 0 bridgehead atoms. The minimum atomic E-state index is 0.388. The molecule has 0 amide bonds. The normalized spacial score (nSPS) is 10.6. The summed E-state index contributed by atoms with van der Waals surface area (Å²) < 4.78 is 11.1. The van der Waals surface area contributed by atoms with Crippen LogP contribution in [-0.2, 0) is 6.54 Å². The highest BCUT2D eigenvalue weighted by Crippen LogP contribution is 2.35. The Balaban J connectivity index is 3.02. The van der Waals surface area contributed by atoms with E-state index in [9.17, 15) is 0 Å². The van der Waals surface area contributed by atoms with Crippen molar-refractivity contribution in [3.8, 4) is 11.5 Å². The lowest BCUT2D eigenvalue weighted by Gasteiger charge is -2.17. The monoisotopic (exact) mass is 283 g/mol. The predicted octanol–water partition coefficient (Wildman–Crippen LogP) is 3.80. The van der Waals surface area contributed by atoms with E-state index >= 15 is 0 Å². The molecule has 0 fully saturated rings. The van der Waals surface area contributed by atoms with E-state index in [1.54, 1.807) is 13.2 Å². The summed E-state index contributed by atoms with van der Waals surface area (Å²) in [7, 11) is 1.61. The van der Waals surface area contributed by atoms with E-state index in [-0.39, 0.29) is 0 Å². The average Bonchev–Trinajstić information content (AvgIpc) is 2.33. The minimum Gasteiger partial charge on any atom is -0.493 e. The Kier molecular flexibility index (Phi) is 6.19. The van der Waals surface area contributed by atoms with Crippen molar-refractivity contribution in [2.45, 2.75) is 33.4 Å². The van der Waals surface area contributed by atoms with Crippen LogP contribution in [0.1, 0.15) is 26.3 Å². The number of benzene rings is 1.